The molecule has 1 aliphatic heterocycles. The van der Waals surface area contributed by atoms with Gasteiger partial charge in [-0.3, -0.25) is 10.1 Å². The van der Waals surface area contributed by atoms with Crippen molar-refractivity contribution in [1.29, 1.82) is 0 Å². The maximum atomic E-state index is 14.1. The molecule has 0 radical (unpaired) electrons. The van der Waals surface area contributed by atoms with E-state index >= 15 is 0 Å². The Balaban J connectivity index is 2.38. The Morgan fingerprint density at radius 1 is 1.24 bits per heavy atom. The molecule has 0 aromatic heterocycles. The number of nitrogens with zero attached hydrogens (tertiary/aromatic N) is 1. The molecule has 1 saturated heterocycles. The molecule has 3 nitrogen and oxygen atoms in total. The average molecular weight is 292 g/mol. The van der Waals surface area contributed by atoms with Crippen molar-refractivity contribution in [2.75, 3.05) is 0 Å². The summed E-state index contributed by atoms with van der Waals surface area (Å²) in [4.78, 5) is 14.6. The van der Waals surface area contributed by atoms with Crippen LogP contribution in [-0.4, -0.2) is 22.9 Å². The van der Waals surface area contributed by atoms with E-state index < -0.39 is 0 Å². The van der Waals surface area contributed by atoms with Gasteiger partial charge in [0.05, 0.1) is 6.04 Å². The summed E-state index contributed by atoms with van der Waals surface area (Å²) < 4.78 is 14.1. The molecule has 1 aromatic carbocycles. The fourth-order valence-electron chi connectivity index (χ4n) is 2.86. The highest BCUT2D eigenvalue weighted by Gasteiger charge is 2.44. The molecule has 21 heavy (non-hydrogen) atoms. The van der Waals surface area contributed by atoms with Crippen molar-refractivity contribution >= 4 is 5.91 Å². The molecular weight excluding hydrogens is 267 g/mol. The lowest BCUT2D eigenvalue weighted by Crippen LogP contribution is -2.39. The van der Waals surface area contributed by atoms with E-state index in [1.165, 1.54) is 6.07 Å². The van der Waals surface area contributed by atoms with Crippen LogP contribution in [0.2, 0.25) is 0 Å². The first kappa shape index (κ1) is 16.0. The zero-order valence-electron chi connectivity index (χ0n) is 13.3. The summed E-state index contributed by atoms with van der Waals surface area (Å²) in [5, 5.41) is 3.35. The largest absolute Gasteiger partial charge is 0.319 e. The van der Waals surface area contributed by atoms with E-state index in [-0.39, 0.29) is 35.9 Å². The van der Waals surface area contributed by atoms with Gasteiger partial charge in [-0.25, -0.2) is 4.39 Å². The van der Waals surface area contributed by atoms with Gasteiger partial charge in [0.2, 0.25) is 5.91 Å². The molecule has 1 amide bonds. The third-order valence-electron chi connectivity index (χ3n) is 4.61. The van der Waals surface area contributed by atoms with Gasteiger partial charge in [0.25, 0.3) is 0 Å². The van der Waals surface area contributed by atoms with E-state index in [9.17, 15) is 9.18 Å². The van der Waals surface area contributed by atoms with Crippen LogP contribution in [0, 0.1) is 11.7 Å². The normalized spacial score (nSPS) is 25.2. The van der Waals surface area contributed by atoms with Gasteiger partial charge in [-0.2, -0.15) is 0 Å². The predicted molar refractivity (Wildman–Crippen MR) is 82.1 cm³/mol. The molecule has 0 aliphatic carbocycles. The molecule has 1 N–H and O–H groups in total. The Labute approximate surface area is 126 Å². The zero-order chi connectivity index (χ0) is 15.6. The molecule has 0 bridgehead atoms. The Bertz CT molecular complexity index is 505. The summed E-state index contributed by atoms with van der Waals surface area (Å²) in [5.41, 5.74) is 0.553. The van der Waals surface area contributed by atoms with Crippen molar-refractivity contribution in [3.63, 3.8) is 0 Å². The number of hydrogen-bond donors (Lipinski definition) is 1. The number of halogens is 1. The summed E-state index contributed by atoms with van der Waals surface area (Å²) in [6.45, 7) is 8.21. The van der Waals surface area contributed by atoms with Crippen LogP contribution in [0.15, 0.2) is 24.3 Å². The topological polar surface area (TPSA) is 32.3 Å². The van der Waals surface area contributed by atoms with E-state index in [4.69, 9.17) is 0 Å². The van der Waals surface area contributed by atoms with Gasteiger partial charge in [0.1, 0.15) is 12.0 Å². The lowest BCUT2D eigenvalue weighted by Gasteiger charge is -2.30. The Hall–Kier alpha value is -1.42. The minimum Gasteiger partial charge on any atom is -0.319 e. The molecule has 116 valence electrons. The van der Waals surface area contributed by atoms with Crippen LogP contribution in [0.25, 0.3) is 0 Å². The number of amides is 1. The molecule has 0 saturated carbocycles. The van der Waals surface area contributed by atoms with Crippen LogP contribution in [0.5, 0.6) is 0 Å². The fraction of sp³-hybridized carbons (Fsp3) is 0.588. The summed E-state index contributed by atoms with van der Waals surface area (Å²) in [6, 6.07) is 6.56. The number of benzene rings is 1. The van der Waals surface area contributed by atoms with E-state index in [0.717, 1.165) is 12.8 Å². The van der Waals surface area contributed by atoms with Crippen LogP contribution in [-0.2, 0) is 4.79 Å². The van der Waals surface area contributed by atoms with Gasteiger partial charge < -0.3 is 4.90 Å². The lowest BCUT2D eigenvalue weighted by molar-refractivity contribution is -0.133. The van der Waals surface area contributed by atoms with Gasteiger partial charge in [-0.1, -0.05) is 45.4 Å². The van der Waals surface area contributed by atoms with Gasteiger partial charge in [-0.05, 0) is 25.3 Å². The highest BCUT2D eigenvalue weighted by Crippen LogP contribution is 2.32. The van der Waals surface area contributed by atoms with Gasteiger partial charge in [0, 0.05) is 11.6 Å². The van der Waals surface area contributed by atoms with Gasteiger partial charge >= 0.3 is 0 Å². The Morgan fingerprint density at radius 3 is 2.48 bits per heavy atom. The van der Waals surface area contributed by atoms with E-state index in [0.29, 0.717) is 5.56 Å². The SMILES string of the molecule is CCC(C)C1NC(c2ccccc2F)N(C(C)CC)C1=O. The average Bonchev–Trinajstić information content (AvgIpc) is 2.83. The third-order valence-corrected chi connectivity index (χ3v) is 4.61. The second-order valence-electron chi connectivity index (χ2n) is 5.96. The maximum Gasteiger partial charge on any atom is 0.241 e. The number of rotatable bonds is 5. The van der Waals surface area contributed by atoms with Crippen molar-refractivity contribution in [3.8, 4) is 0 Å². The summed E-state index contributed by atoms with van der Waals surface area (Å²) in [5.74, 6) is 0.0636. The summed E-state index contributed by atoms with van der Waals surface area (Å²) in [7, 11) is 0. The van der Waals surface area contributed by atoms with Crippen molar-refractivity contribution in [2.24, 2.45) is 5.92 Å². The van der Waals surface area contributed by atoms with Gasteiger partial charge in [0.15, 0.2) is 0 Å². The molecule has 2 rings (SSSR count). The van der Waals surface area contributed by atoms with Crippen LogP contribution in [0.4, 0.5) is 4.39 Å². The first-order valence-electron chi connectivity index (χ1n) is 7.83. The van der Waals surface area contributed by atoms with Crippen molar-refractivity contribution in [1.82, 2.24) is 10.2 Å². The second kappa shape index (κ2) is 6.56. The lowest BCUT2D eigenvalue weighted by atomic mass is 9.99. The Morgan fingerprint density at radius 2 is 1.90 bits per heavy atom. The number of nitrogens with one attached hydrogen (secondary N) is 1. The fourth-order valence-corrected chi connectivity index (χ4v) is 2.86. The van der Waals surface area contributed by atoms with E-state index in [1.807, 2.05) is 24.8 Å². The smallest absolute Gasteiger partial charge is 0.241 e. The molecule has 0 spiro atoms. The van der Waals surface area contributed by atoms with Crippen LogP contribution in [0.3, 0.4) is 0 Å². The molecule has 4 unspecified atom stereocenters. The minimum atomic E-state index is -0.368. The van der Waals surface area contributed by atoms with Crippen LogP contribution < -0.4 is 5.32 Å². The zero-order valence-corrected chi connectivity index (χ0v) is 13.3. The first-order chi connectivity index (χ1) is 10.0. The molecule has 1 aliphatic rings. The number of hydrogen-bond acceptors (Lipinski definition) is 2. The van der Waals surface area contributed by atoms with E-state index in [1.54, 1.807) is 12.1 Å². The monoisotopic (exact) mass is 292 g/mol. The van der Waals surface area contributed by atoms with Crippen molar-refractivity contribution in [2.45, 2.75) is 58.8 Å². The molecule has 1 aromatic rings. The third kappa shape index (κ3) is 2.95. The molecule has 1 heterocycles. The van der Waals surface area contributed by atoms with Crippen molar-refractivity contribution in [3.05, 3.63) is 35.6 Å². The summed E-state index contributed by atoms with van der Waals surface area (Å²) >= 11 is 0. The van der Waals surface area contributed by atoms with Crippen molar-refractivity contribution < 1.29 is 9.18 Å². The highest BCUT2D eigenvalue weighted by atomic mass is 19.1. The molecular formula is C17H25FN2O. The standard InChI is InChI=1S/C17H25FN2O/c1-5-11(3)15-17(21)20(12(4)6-2)16(19-15)13-9-7-8-10-14(13)18/h7-12,15-16,19H,5-6H2,1-4H3. The second-order valence-corrected chi connectivity index (χ2v) is 5.96. The maximum absolute atomic E-state index is 14.1. The molecule has 1 fully saturated rings. The first-order valence-corrected chi connectivity index (χ1v) is 7.83. The van der Waals surface area contributed by atoms with E-state index in [2.05, 4.69) is 19.2 Å². The highest BCUT2D eigenvalue weighted by molar-refractivity contribution is 5.85. The van der Waals surface area contributed by atoms with Crippen LogP contribution >= 0.6 is 0 Å². The minimum absolute atomic E-state index is 0.0867. The number of carbonyl (C=O) groups is 1. The van der Waals surface area contributed by atoms with Gasteiger partial charge in [-0.15, -0.1) is 0 Å². The molecule has 4 heteroatoms. The molecule has 4 atom stereocenters. The Kier molecular flexibility index (Phi) is 4.99. The predicted octanol–water partition coefficient (Wildman–Crippen LogP) is 3.47. The summed E-state index contributed by atoms with van der Waals surface area (Å²) in [6.07, 6.45) is 1.40. The quantitative estimate of drug-likeness (QED) is 0.901. The van der Waals surface area contributed by atoms with Crippen LogP contribution in [0.1, 0.15) is 52.3 Å². The number of carbonyl (C=O) groups excluding carboxylic acids is 1.